The third-order valence-corrected chi connectivity index (χ3v) is 4.93. The molecule has 5 nitrogen and oxygen atoms in total. The maximum Gasteiger partial charge on any atom is 0.223 e. The van der Waals surface area contributed by atoms with Crippen molar-refractivity contribution in [2.45, 2.75) is 0 Å². The maximum atomic E-state index is 12.6. The van der Waals surface area contributed by atoms with Gasteiger partial charge in [0.1, 0.15) is 11.8 Å². The number of hydrazone groups is 1. The number of phenolic OH excluding ortho intramolecular Hbond substituents is 1. The van der Waals surface area contributed by atoms with Gasteiger partial charge in [-0.2, -0.15) is 10.4 Å². The molecule has 5 heteroatoms. The Morgan fingerprint density at radius 3 is 1.72 bits per heavy atom. The van der Waals surface area contributed by atoms with Crippen molar-refractivity contribution in [3.05, 3.63) is 109 Å². The number of carbonyl (C=O) groups excluding carboxylic acids is 1. The molecule has 0 bridgehead atoms. The Morgan fingerprint density at radius 2 is 1.25 bits per heavy atom. The lowest BCUT2D eigenvalue weighted by Crippen LogP contribution is -2.14. The van der Waals surface area contributed by atoms with Gasteiger partial charge in [-0.05, 0) is 23.3 Å². The summed E-state index contributed by atoms with van der Waals surface area (Å²) in [7, 11) is 0. The molecule has 0 spiro atoms. The number of ketones is 1. The first-order chi connectivity index (χ1) is 15.7. The quantitative estimate of drug-likeness (QED) is 0.177. The van der Waals surface area contributed by atoms with Crippen LogP contribution in [0.4, 0.5) is 5.69 Å². The van der Waals surface area contributed by atoms with Crippen molar-refractivity contribution >= 4 is 17.2 Å². The Bertz CT molecular complexity index is 1250. The summed E-state index contributed by atoms with van der Waals surface area (Å²) in [6.07, 6.45) is 0. The molecule has 0 atom stereocenters. The number of nitriles is 1. The largest absolute Gasteiger partial charge is 0.507 e. The standard InChI is InChI=1S/C27H19N3O2/c28-18-25(26(31)21-14-8-3-9-15-21)30-29-22-16-23(19-10-4-1-5-11-19)27(32)24(17-22)20-12-6-2-7-13-20/h1-17,29,32H/b30-25+. The third-order valence-electron chi connectivity index (χ3n) is 4.93. The van der Waals surface area contributed by atoms with Gasteiger partial charge in [0.15, 0.2) is 0 Å². The van der Waals surface area contributed by atoms with Crippen LogP contribution in [0.2, 0.25) is 0 Å². The van der Waals surface area contributed by atoms with Gasteiger partial charge in [0.05, 0.1) is 5.69 Å². The molecule has 0 amide bonds. The summed E-state index contributed by atoms with van der Waals surface area (Å²) >= 11 is 0. The zero-order valence-electron chi connectivity index (χ0n) is 17.1. The minimum absolute atomic E-state index is 0.137. The fraction of sp³-hybridized carbons (Fsp3) is 0. The number of hydrogen-bond donors (Lipinski definition) is 2. The van der Waals surface area contributed by atoms with Crippen LogP contribution in [0.5, 0.6) is 5.75 Å². The average Bonchev–Trinajstić information content (AvgIpc) is 2.86. The molecule has 0 unspecified atom stereocenters. The molecule has 32 heavy (non-hydrogen) atoms. The highest BCUT2D eigenvalue weighted by Crippen LogP contribution is 2.40. The van der Waals surface area contributed by atoms with Crippen LogP contribution >= 0.6 is 0 Å². The predicted molar refractivity (Wildman–Crippen MR) is 126 cm³/mol. The normalized spacial score (nSPS) is 10.9. The molecule has 0 heterocycles. The Morgan fingerprint density at radius 1 is 0.781 bits per heavy atom. The van der Waals surface area contributed by atoms with Crippen LogP contribution in [0, 0.1) is 11.3 Å². The number of carbonyl (C=O) groups is 1. The molecular formula is C27H19N3O2. The van der Waals surface area contributed by atoms with Crippen molar-refractivity contribution in [3.8, 4) is 34.1 Å². The van der Waals surface area contributed by atoms with Crippen LogP contribution in [-0.2, 0) is 0 Å². The van der Waals surface area contributed by atoms with E-state index in [-0.39, 0.29) is 11.5 Å². The van der Waals surface area contributed by atoms with E-state index in [1.165, 1.54) is 0 Å². The first kappa shape index (κ1) is 20.6. The molecule has 2 N–H and O–H groups in total. The highest BCUT2D eigenvalue weighted by Gasteiger charge is 2.16. The van der Waals surface area contributed by atoms with Crippen LogP contribution in [0.15, 0.2) is 108 Å². The summed E-state index contributed by atoms with van der Waals surface area (Å²) in [6, 6.07) is 32.8. The fourth-order valence-electron chi connectivity index (χ4n) is 3.35. The van der Waals surface area contributed by atoms with Gasteiger partial charge in [0.2, 0.25) is 11.5 Å². The van der Waals surface area contributed by atoms with E-state index in [4.69, 9.17) is 0 Å². The summed E-state index contributed by atoms with van der Waals surface area (Å²) in [5.74, 6) is -0.330. The third kappa shape index (κ3) is 4.40. The number of anilines is 1. The molecule has 4 rings (SSSR count). The number of benzene rings is 4. The zero-order chi connectivity index (χ0) is 22.3. The molecule has 154 valence electrons. The monoisotopic (exact) mass is 417 g/mol. The lowest BCUT2D eigenvalue weighted by Gasteiger charge is -2.14. The van der Waals surface area contributed by atoms with Crippen molar-refractivity contribution in [2.24, 2.45) is 5.10 Å². The zero-order valence-corrected chi connectivity index (χ0v) is 17.1. The molecule has 0 saturated heterocycles. The molecule has 0 aliphatic heterocycles. The summed E-state index contributed by atoms with van der Waals surface area (Å²) in [5.41, 5.74) is 6.37. The lowest BCUT2D eigenvalue weighted by atomic mass is 9.96. The van der Waals surface area contributed by atoms with E-state index in [0.717, 1.165) is 11.1 Å². The lowest BCUT2D eigenvalue weighted by molar-refractivity contribution is 0.106. The van der Waals surface area contributed by atoms with Gasteiger partial charge in [-0.25, -0.2) is 0 Å². The topological polar surface area (TPSA) is 85.5 Å². The van der Waals surface area contributed by atoms with Crippen molar-refractivity contribution in [1.29, 1.82) is 5.26 Å². The number of aromatic hydroxyl groups is 1. The molecule has 0 radical (unpaired) electrons. The predicted octanol–water partition coefficient (Wildman–Crippen LogP) is 5.90. The molecule has 0 fully saturated rings. The van der Waals surface area contributed by atoms with Gasteiger partial charge in [0.25, 0.3) is 0 Å². The maximum absolute atomic E-state index is 12.6. The Hall–Kier alpha value is -4.69. The van der Waals surface area contributed by atoms with Crippen molar-refractivity contribution in [1.82, 2.24) is 0 Å². The van der Waals surface area contributed by atoms with Gasteiger partial charge in [-0.1, -0.05) is 91.0 Å². The molecule has 4 aromatic rings. The highest BCUT2D eigenvalue weighted by atomic mass is 16.3. The average molecular weight is 417 g/mol. The minimum Gasteiger partial charge on any atom is -0.507 e. The van der Waals surface area contributed by atoms with Gasteiger partial charge >= 0.3 is 0 Å². The molecule has 4 aromatic carbocycles. The van der Waals surface area contributed by atoms with E-state index in [1.807, 2.05) is 66.7 Å². The SMILES string of the molecule is N#C/C(=N\Nc1cc(-c2ccccc2)c(O)c(-c2ccccc2)c1)C(=O)c1ccccc1. The van der Waals surface area contributed by atoms with Crippen LogP contribution in [-0.4, -0.2) is 16.6 Å². The van der Waals surface area contributed by atoms with Crippen LogP contribution in [0.1, 0.15) is 10.4 Å². The van der Waals surface area contributed by atoms with Gasteiger partial charge in [-0.15, -0.1) is 0 Å². The summed E-state index contributed by atoms with van der Waals surface area (Å²) < 4.78 is 0. The molecule has 0 aromatic heterocycles. The van der Waals surface area contributed by atoms with E-state index < -0.39 is 5.78 Å². The molecule has 0 aliphatic carbocycles. The molecular weight excluding hydrogens is 398 g/mol. The number of nitrogens with one attached hydrogen (secondary N) is 1. The summed E-state index contributed by atoms with van der Waals surface area (Å²) in [6.45, 7) is 0. The smallest absolute Gasteiger partial charge is 0.223 e. The fourth-order valence-corrected chi connectivity index (χ4v) is 3.35. The number of phenols is 1. The Kier molecular flexibility index (Phi) is 6.05. The number of hydrogen-bond acceptors (Lipinski definition) is 5. The van der Waals surface area contributed by atoms with Crippen molar-refractivity contribution in [3.63, 3.8) is 0 Å². The summed E-state index contributed by atoms with van der Waals surface area (Å²) in [4.78, 5) is 12.6. The first-order valence-corrected chi connectivity index (χ1v) is 9.99. The van der Waals surface area contributed by atoms with E-state index in [2.05, 4.69) is 10.5 Å². The van der Waals surface area contributed by atoms with E-state index in [1.54, 1.807) is 42.5 Å². The highest BCUT2D eigenvalue weighted by molar-refractivity contribution is 6.51. The van der Waals surface area contributed by atoms with Gasteiger partial charge in [-0.3, -0.25) is 10.2 Å². The Labute approximate surface area is 185 Å². The first-order valence-electron chi connectivity index (χ1n) is 9.99. The molecule has 0 saturated carbocycles. The van der Waals surface area contributed by atoms with Crippen LogP contribution in [0.3, 0.4) is 0 Å². The summed E-state index contributed by atoms with van der Waals surface area (Å²) in [5, 5.41) is 24.5. The van der Waals surface area contributed by atoms with Crippen molar-refractivity contribution in [2.75, 3.05) is 5.43 Å². The Balaban J connectivity index is 1.76. The molecule has 0 aliphatic rings. The second kappa shape index (κ2) is 9.41. The van der Waals surface area contributed by atoms with Gasteiger partial charge < -0.3 is 5.11 Å². The van der Waals surface area contributed by atoms with Gasteiger partial charge in [0, 0.05) is 16.7 Å². The number of nitrogens with zero attached hydrogens (tertiary/aromatic N) is 2. The second-order valence-corrected chi connectivity index (χ2v) is 7.03. The van der Waals surface area contributed by atoms with E-state index >= 15 is 0 Å². The van der Waals surface area contributed by atoms with E-state index in [9.17, 15) is 15.2 Å². The second-order valence-electron chi connectivity index (χ2n) is 7.03. The number of rotatable bonds is 6. The van der Waals surface area contributed by atoms with Crippen LogP contribution < -0.4 is 5.43 Å². The van der Waals surface area contributed by atoms with E-state index in [0.29, 0.717) is 22.4 Å². The van der Waals surface area contributed by atoms with Crippen molar-refractivity contribution < 1.29 is 9.90 Å². The van der Waals surface area contributed by atoms with Crippen LogP contribution in [0.25, 0.3) is 22.3 Å². The minimum atomic E-state index is -0.467. The number of Topliss-reactive ketones (excluding diaryl/α,β-unsaturated/α-hetero) is 1.